The van der Waals surface area contributed by atoms with Crippen molar-refractivity contribution in [2.75, 3.05) is 29.9 Å². The van der Waals surface area contributed by atoms with E-state index < -0.39 is 0 Å². The van der Waals surface area contributed by atoms with E-state index in [0.717, 1.165) is 25.0 Å². The van der Waals surface area contributed by atoms with Gasteiger partial charge in [-0.2, -0.15) is 0 Å². The summed E-state index contributed by atoms with van der Waals surface area (Å²) < 4.78 is 5.52. The summed E-state index contributed by atoms with van der Waals surface area (Å²) in [5.41, 5.74) is 1.67. The van der Waals surface area contributed by atoms with Gasteiger partial charge < -0.3 is 20.3 Å². The van der Waals surface area contributed by atoms with Crippen LogP contribution in [0.5, 0.6) is 0 Å². The number of hydrogen-bond acceptors (Lipinski definition) is 5. The third-order valence-corrected chi connectivity index (χ3v) is 5.00. The number of hydrogen-bond donors (Lipinski definition) is 2. The van der Waals surface area contributed by atoms with Crippen LogP contribution in [0.25, 0.3) is 0 Å². The van der Waals surface area contributed by atoms with Gasteiger partial charge in [0.15, 0.2) is 0 Å². The molecule has 3 amide bonds. The van der Waals surface area contributed by atoms with E-state index in [1.54, 1.807) is 36.5 Å². The van der Waals surface area contributed by atoms with Crippen LogP contribution in [0.1, 0.15) is 31.2 Å². The number of aromatic nitrogens is 1. The molecule has 0 radical (unpaired) electrons. The third-order valence-electron chi connectivity index (χ3n) is 5.00. The minimum absolute atomic E-state index is 0.00466. The molecule has 2 aromatic rings. The molecule has 0 bridgehead atoms. The quantitative estimate of drug-likeness (QED) is 0.644. The summed E-state index contributed by atoms with van der Waals surface area (Å²) in [7, 11) is 0. The molecular formula is C23H28N4O4. The Hall–Kier alpha value is -3.26. The lowest BCUT2D eigenvalue weighted by atomic mass is 10.2. The molecular weight excluding hydrogens is 396 g/mol. The molecule has 0 spiro atoms. The zero-order valence-corrected chi connectivity index (χ0v) is 17.7. The van der Waals surface area contributed by atoms with Gasteiger partial charge in [-0.3, -0.25) is 14.4 Å². The number of pyridine rings is 1. The molecule has 1 fully saturated rings. The molecule has 2 N–H and O–H groups in total. The van der Waals surface area contributed by atoms with Gasteiger partial charge in [0.1, 0.15) is 12.4 Å². The second-order valence-corrected chi connectivity index (χ2v) is 7.52. The lowest BCUT2D eigenvalue weighted by Crippen LogP contribution is -2.43. The Morgan fingerprint density at radius 2 is 1.90 bits per heavy atom. The molecule has 1 atom stereocenters. The summed E-state index contributed by atoms with van der Waals surface area (Å²) in [4.78, 5) is 43.0. The fraction of sp³-hybridized carbons (Fsp3) is 0.391. The van der Waals surface area contributed by atoms with Crippen molar-refractivity contribution in [3.05, 3.63) is 54.2 Å². The fourth-order valence-corrected chi connectivity index (χ4v) is 3.28. The summed E-state index contributed by atoms with van der Waals surface area (Å²) in [5, 5.41) is 5.51. The monoisotopic (exact) mass is 424 g/mol. The van der Waals surface area contributed by atoms with Crippen molar-refractivity contribution in [2.45, 2.75) is 38.7 Å². The van der Waals surface area contributed by atoms with E-state index in [4.69, 9.17) is 4.74 Å². The molecule has 0 aliphatic carbocycles. The number of ether oxygens (including phenoxy) is 1. The van der Waals surface area contributed by atoms with Gasteiger partial charge in [0.25, 0.3) is 0 Å². The molecule has 31 heavy (non-hydrogen) atoms. The normalized spacial score (nSPS) is 15.3. The Morgan fingerprint density at radius 3 is 2.58 bits per heavy atom. The predicted molar refractivity (Wildman–Crippen MR) is 118 cm³/mol. The van der Waals surface area contributed by atoms with Gasteiger partial charge in [-0.05, 0) is 44.0 Å². The van der Waals surface area contributed by atoms with E-state index in [1.165, 1.54) is 4.90 Å². The molecule has 8 nitrogen and oxygen atoms in total. The van der Waals surface area contributed by atoms with E-state index >= 15 is 0 Å². The molecule has 0 saturated carbocycles. The average molecular weight is 425 g/mol. The topological polar surface area (TPSA) is 101 Å². The molecule has 1 aliphatic rings. The van der Waals surface area contributed by atoms with E-state index in [1.807, 2.05) is 19.1 Å². The summed E-state index contributed by atoms with van der Waals surface area (Å²) in [6.07, 6.45) is 3.50. The molecule has 1 saturated heterocycles. The molecule has 3 rings (SSSR count). The van der Waals surface area contributed by atoms with Crippen molar-refractivity contribution >= 4 is 29.2 Å². The van der Waals surface area contributed by atoms with E-state index in [0.29, 0.717) is 18.1 Å². The van der Waals surface area contributed by atoms with Crippen molar-refractivity contribution in [3.8, 4) is 0 Å². The molecule has 2 heterocycles. The van der Waals surface area contributed by atoms with Gasteiger partial charge in [-0.15, -0.1) is 0 Å². The van der Waals surface area contributed by atoms with Crippen molar-refractivity contribution in [3.63, 3.8) is 0 Å². The maximum atomic E-state index is 12.9. The number of nitrogens with zero attached hydrogens (tertiary/aromatic N) is 2. The number of carbonyl (C=O) groups excluding carboxylic acids is 3. The fourth-order valence-electron chi connectivity index (χ4n) is 3.28. The zero-order valence-electron chi connectivity index (χ0n) is 17.7. The number of amides is 3. The summed E-state index contributed by atoms with van der Waals surface area (Å²) in [6, 6.07) is 12.6. The van der Waals surface area contributed by atoms with Crippen LogP contribution in [0.15, 0.2) is 48.7 Å². The molecule has 1 aliphatic heterocycles. The van der Waals surface area contributed by atoms with Crippen molar-refractivity contribution in [1.82, 2.24) is 10.3 Å². The number of rotatable bonds is 9. The van der Waals surface area contributed by atoms with Crippen molar-refractivity contribution < 1.29 is 19.1 Å². The highest BCUT2D eigenvalue weighted by atomic mass is 16.5. The Kier molecular flexibility index (Phi) is 8.12. The van der Waals surface area contributed by atoms with Crippen LogP contribution < -0.4 is 15.5 Å². The molecule has 164 valence electrons. The third kappa shape index (κ3) is 7.18. The Bertz CT molecular complexity index is 880. The minimum Gasteiger partial charge on any atom is -0.376 e. The van der Waals surface area contributed by atoms with Crippen LogP contribution in [0, 0.1) is 6.92 Å². The van der Waals surface area contributed by atoms with Crippen LogP contribution >= 0.6 is 0 Å². The second kappa shape index (κ2) is 11.2. The first-order valence-electron chi connectivity index (χ1n) is 10.5. The second-order valence-electron chi connectivity index (χ2n) is 7.52. The first-order valence-corrected chi connectivity index (χ1v) is 10.5. The lowest BCUT2D eigenvalue weighted by molar-refractivity contribution is -0.125. The van der Waals surface area contributed by atoms with Gasteiger partial charge >= 0.3 is 0 Å². The highest BCUT2D eigenvalue weighted by Gasteiger charge is 2.22. The van der Waals surface area contributed by atoms with Gasteiger partial charge in [-0.25, -0.2) is 4.98 Å². The highest BCUT2D eigenvalue weighted by Crippen LogP contribution is 2.17. The SMILES string of the molecule is Cc1ccc(N(CC(=O)NC[C@H]2CCCO2)C(=O)CCC(=O)Nc2ccccn2)cc1. The number of benzene rings is 1. The number of nitrogens with one attached hydrogen (secondary N) is 2. The maximum Gasteiger partial charge on any atom is 0.240 e. The minimum atomic E-state index is -0.307. The smallest absolute Gasteiger partial charge is 0.240 e. The molecule has 1 aromatic carbocycles. The van der Waals surface area contributed by atoms with Gasteiger partial charge in [0.05, 0.1) is 6.10 Å². The maximum absolute atomic E-state index is 12.9. The highest BCUT2D eigenvalue weighted by molar-refractivity contribution is 6.01. The Balaban J connectivity index is 1.58. The number of aryl methyl sites for hydroxylation is 1. The van der Waals surface area contributed by atoms with Crippen LogP contribution in [-0.4, -0.2) is 48.5 Å². The molecule has 1 aromatic heterocycles. The standard InChI is InChI=1S/C23H28N4O4/c1-17-7-9-18(10-8-17)27(16-22(29)25-15-19-5-4-14-31-19)23(30)12-11-21(28)26-20-6-2-3-13-24-20/h2-3,6-10,13,19H,4-5,11-12,14-16H2,1H3,(H,25,29)(H,24,26,28)/t19-/m1/s1. The summed E-state index contributed by atoms with van der Waals surface area (Å²) in [6.45, 7) is 2.99. The first-order chi connectivity index (χ1) is 15.0. The van der Waals surface area contributed by atoms with Crippen molar-refractivity contribution in [1.29, 1.82) is 0 Å². The van der Waals surface area contributed by atoms with Crippen LogP contribution in [-0.2, 0) is 19.1 Å². The van der Waals surface area contributed by atoms with E-state index in [2.05, 4.69) is 15.6 Å². The predicted octanol–water partition coefficient (Wildman–Crippen LogP) is 2.44. The van der Waals surface area contributed by atoms with Gasteiger partial charge in [-0.1, -0.05) is 23.8 Å². The molecule has 8 heteroatoms. The number of anilines is 2. The summed E-state index contributed by atoms with van der Waals surface area (Å²) >= 11 is 0. The summed E-state index contributed by atoms with van der Waals surface area (Å²) in [5.74, 6) is -0.433. The van der Waals surface area contributed by atoms with Gasteiger partial charge in [0.2, 0.25) is 17.7 Å². The largest absolute Gasteiger partial charge is 0.376 e. The van der Waals surface area contributed by atoms with Crippen LogP contribution in [0.4, 0.5) is 11.5 Å². The van der Waals surface area contributed by atoms with Crippen LogP contribution in [0.2, 0.25) is 0 Å². The van der Waals surface area contributed by atoms with Gasteiger partial charge in [0, 0.05) is 37.9 Å². The zero-order chi connectivity index (χ0) is 22.1. The first kappa shape index (κ1) is 22.4. The Labute approximate surface area is 182 Å². The average Bonchev–Trinajstić information content (AvgIpc) is 3.30. The Morgan fingerprint density at radius 1 is 1.10 bits per heavy atom. The van der Waals surface area contributed by atoms with E-state index in [9.17, 15) is 14.4 Å². The molecule has 0 unspecified atom stereocenters. The lowest BCUT2D eigenvalue weighted by Gasteiger charge is -2.23. The number of carbonyl (C=O) groups is 3. The van der Waals surface area contributed by atoms with Crippen LogP contribution in [0.3, 0.4) is 0 Å². The van der Waals surface area contributed by atoms with Crippen molar-refractivity contribution in [2.24, 2.45) is 0 Å². The van der Waals surface area contributed by atoms with E-state index in [-0.39, 0.29) is 43.2 Å².